The summed E-state index contributed by atoms with van der Waals surface area (Å²) >= 11 is 6.64. The molecule has 22 heavy (non-hydrogen) atoms. The molecule has 2 aromatic carbocycles. The maximum Gasteiger partial charge on any atom is 0.0869 e. The molecule has 0 amide bonds. The molecule has 0 nitrogen and oxygen atoms in total. The van der Waals surface area contributed by atoms with Crippen molar-refractivity contribution in [3.05, 3.63) is 71.8 Å². The van der Waals surface area contributed by atoms with E-state index in [1.807, 2.05) is 0 Å². The van der Waals surface area contributed by atoms with Crippen LogP contribution in [0.1, 0.15) is 38.8 Å². The van der Waals surface area contributed by atoms with Crippen molar-refractivity contribution < 1.29 is 0 Å². The average Bonchev–Trinajstić information content (AvgIpc) is 2.55. The molecule has 0 aliphatic rings. The highest BCUT2D eigenvalue weighted by Crippen LogP contribution is 2.46. The number of benzene rings is 2. The molecule has 0 saturated carbocycles. The predicted molar refractivity (Wildman–Crippen MR) is 101 cm³/mol. The van der Waals surface area contributed by atoms with Gasteiger partial charge < -0.3 is 0 Å². The summed E-state index contributed by atoms with van der Waals surface area (Å²) in [5.74, 6) is 0. The lowest BCUT2D eigenvalue weighted by molar-refractivity contribution is 0.613. The zero-order chi connectivity index (χ0) is 16.4. The molecule has 0 heterocycles. The van der Waals surface area contributed by atoms with Crippen molar-refractivity contribution in [3.8, 4) is 0 Å². The minimum atomic E-state index is -1.89. The van der Waals surface area contributed by atoms with E-state index in [0.29, 0.717) is 0 Å². The fourth-order valence-corrected chi connectivity index (χ4v) is 9.30. The third-order valence-electron chi connectivity index (χ3n) is 6.02. The van der Waals surface area contributed by atoms with Crippen LogP contribution in [0.5, 0.6) is 0 Å². The summed E-state index contributed by atoms with van der Waals surface area (Å²) in [7, 11) is -1.89. The molecule has 2 aromatic rings. The van der Waals surface area contributed by atoms with Gasteiger partial charge in [-0.15, -0.1) is 11.6 Å². The summed E-state index contributed by atoms with van der Waals surface area (Å²) in [4.78, 5) is 0. The quantitative estimate of drug-likeness (QED) is 0.474. The van der Waals surface area contributed by atoms with Gasteiger partial charge in [-0.1, -0.05) is 94.9 Å². The molecule has 0 bridgehead atoms. The first-order valence-electron chi connectivity index (χ1n) is 7.94. The Hall–Kier alpha value is -1.05. The van der Waals surface area contributed by atoms with Crippen molar-refractivity contribution in [2.24, 2.45) is 0 Å². The second kappa shape index (κ2) is 6.21. The van der Waals surface area contributed by atoms with Crippen molar-refractivity contribution in [3.63, 3.8) is 0 Å². The molecule has 2 rings (SSSR count). The Morgan fingerprint density at radius 2 is 1.05 bits per heavy atom. The Labute approximate surface area is 141 Å². The molecule has 0 atom stereocenters. The SMILES string of the molecule is CC(C)(c1ccccc1)[Si](C)(CCl)C(C)(C)c1ccccc1. The van der Waals surface area contributed by atoms with E-state index in [4.69, 9.17) is 11.6 Å². The van der Waals surface area contributed by atoms with Gasteiger partial charge in [0.2, 0.25) is 0 Å². The van der Waals surface area contributed by atoms with Crippen LogP contribution in [0.15, 0.2) is 60.7 Å². The average molecular weight is 331 g/mol. The smallest absolute Gasteiger partial charge is 0.0869 e. The second-order valence-electron chi connectivity index (χ2n) is 7.45. The van der Waals surface area contributed by atoms with Crippen LogP contribution < -0.4 is 0 Å². The van der Waals surface area contributed by atoms with Crippen LogP contribution in [0.2, 0.25) is 6.55 Å². The minimum absolute atomic E-state index is 0.0926. The van der Waals surface area contributed by atoms with E-state index in [2.05, 4.69) is 94.9 Å². The summed E-state index contributed by atoms with van der Waals surface area (Å²) < 4.78 is 0. The first-order chi connectivity index (χ1) is 10.3. The number of hydrogen-bond donors (Lipinski definition) is 0. The molecular formula is C20H27ClSi. The van der Waals surface area contributed by atoms with Crippen molar-refractivity contribution in [1.29, 1.82) is 0 Å². The van der Waals surface area contributed by atoms with E-state index < -0.39 is 8.07 Å². The lowest BCUT2D eigenvalue weighted by atomic mass is 10.0. The summed E-state index contributed by atoms with van der Waals surface area (Å²) in [6.45, 7) is 12.0. The molecule has 0 saturated heterocycles. The van der Waals surface area contributed by atoms with Crippen LogP contribution in [0.4, 0.5) is 0 Å². The Bertz CT molecular complexity index is 551. The predicted octanol–water partition coefficient (Wildman–Crippen LogP) is 5.88. The fourth-order valence-electron chi connectivity index (χ4n) is 3.46. The number of halogens is 1. The lowest BCUT2D eigenvalue weighted by Crippen LogP contribution is -2.64. The van der Waals surface area contributed by atoms with Gasteiger partial charge in [0.05, 0.1) is 8.07 Å². The summed E-state index contributed by atoms with van der Waals surface area (Å²) in [6, 6.07) is 21.7. The third-order valence-corrected chi connectivity index (χ3v) is 14.3. The Morgan fingerprint density at radius 1 is 0.727 bits per heavy atom. The standard InChI is InChI=1S/C20H27ClSi/c1-19(2,17-12-8-6-9-13-17)22(5,16-21)20(3,4)18-14-10-7-11-15-18/h6-15H,16H2,1-5H3. The molecule has 0 N–H and O–H groups in total. The highest BCUT2D eigenvalue weighted by molar-refractivity contribution is 6.88. The van der Waals surface area contributed by atoms with Crippen molar-refractivity contribution in [2.75, 3.05) is 5.50 Å². The van der Waals surface area contributed by atoms with Gasteiger partial charge in [-0.25, -0.2) is 0 Å². The highest BCUT2D eigenvalue weighted by atomic mass is 35.5. The number of alkyl halides is 1. The number of hydrogen-bond acceptors (Lipinski definition) is 0. The maximum absolute atomic E-state index is 6.64. The van der Waals surface area contributed by atoms with Crippen LogP contribution in [0, 0.1) is 0 Å². The normalized spacial score (nSPS) is 13.2. The Kier molecular flexibility index (Phi) is 4.89. The van der Waals surface area contributed by atoms with Gasteiger partial charge in [-0.05, 0) is 21.2 Å². The summed E-state index contributed by atoms with van der Waals surface area (Å²) in [5.41, 5.74) is 3.54. The van der Waals surface area contributed by atoms with Gasteiger partial charge in [0.25, 0.3) is 0 Å². The van der Waals surface area contributed by atoms with Gasteiger partial charge in [0.1, 0.15) is 0 Å². The molecule has 2 heteroatoms. The Morgan fingerprint density at radius 3 is 1.32 bits per heavy atom. The van der Waals surface area contributed by atoms with Crippen LogP contribution in [0.25, 0.3) is 0 Å². The van der Waals surface area contributed by atoms with Gasteiger partial charge >= 0.3 is 0 Å². The van der Waals surface area contributed by atoms with E-state index in [-0.39, 0.29) is 10.1 Å². The van der Waals surface area contributed by atoms with Crippen molar-refractivity contribution in [1.82, 2.24) is 0 Å². The molecule has 0 aliphatic heterocycles. The zero-order valence-corrected chi connectivity index (χ0v) is 16.1. The topological polar surface area (TPSA) is 0 Å². The maximum atomic E-state index is 6.64. The van der Waals surface area contributed by atoms with Crippen LogP contribution in [-0.2, 0) is 10.1 Å². The van der Waals surface area contributed by atoms with Crippen LogP contribution >= 0.6 is 11.6 Å². The van der Waals surface area contributed by atoms with E-state index in [1.165, 1.54) is 11.1 Å². The third kappa shape index (κ3) is 2.65. The fraction of sp³-hybridized carbons (Fsp3) is 0.400. The van der Waals surface area contributed by atoms with E-state index in [9.17, 15) is 0 Å². The highest BCUT2D eigenvalue weighted by Gasteiger charge is 2.54. The largest absolute Gasteiger partial charge is 0.130 e. The second-order valence-corrected chi connectivity index (χ2v) is 13.7. The van der Waals surface area contributed by atoms with Gasteiger partial charge in [-0.3, -0.25) is 0 Å². The minimum Gasteiger partial charge on any atom is -0.130 e. The van der Waals surface area contributed by atoms with Gasteiger partial charge in [0, 0.05) is 5.50 Å². The summed E-state index contributed by atoms with van der Waals surface area (Å²) in [6.07, 6.45) is 0. The molecule has 0 unspecified atom stereocenters. The Balaban J connectivity index is 2.57. The van der Waals surface area contributed by atoms with Crippen molar-refractivity contribution >= 4 is 19.7 Å². The zero-order valence-electron chi connectivity index (χ0n) is 14.4. The molecule has 0 aliphatic carbocycles. The molecule has 118 valence electrons. The number of rotatable bonds is 5. The van der Waals surface area contributed by atoms with Crippen LogP contribution in [0.3, 0.4) is 0 Å². The van der Waals surface area contributed by atoms with Gasteiger partial charge in [0.15, 0.2) is 0 Å². The van der Waals surface area contributed by atoms with Crippen molar-refractivity contribution in [2.45, 2.75) is 44.3 Å². The van der Waals surface area contributed by atoms with E-state index in [0.717, 1.165) is 5.50 Å². The van der Waals surface area contributed by atoms with E-state index >= 15 is 0 Å². The first-order valence-corrected chi connectivity index (χ1v) is 11.2. The lowest BCUT2D eigenvalue weighted by Gasteiger charge is -2.52. The molecule has 0 fully saturated rings. The molecular weight excluding hydrogens is 304 g/mol. The first kappa shape index (κ1) is 17.3. The molecule has 0 aromatic heterocycles. The van der Waals surface area contributed by atoms with Crippen LogP contribution in [-0.4, -0.2) is 13.6 Å². The monoisotopic (exact) mass is 330 g/mol. The van der Waals surface area contributed by atoms with E-state index in [1.54, 1.807) is 0 Å². The summed E-state index contributed by atoms with van der Waals surface area (Å²) in [5, 5.41) is 0.185. The molecule has 0 radical (unpaired) electrons. The van der Waals surface area contributed by atoms with Gasteiger partial charge in [-0.2, -0.15) is 0 Å². The molecule has 0 spiro atoms.